The van der Waals surface area contributed by atoms with E-state index >= 15 is 0 Å². The Morgan fingerprint density at radius 2 is 2.08 bits per heavy atom. The van der Waals surface area contributed by atoms with Crippen LogP contribution in [0.2, 0.25) is 5.02 Å². The van der Waals surface area contributed by atoms with Crippen LogP contribution in [0.3, 0.4) is 0 Å². The number of hydrogen-bond donors (Lipinski definition) is 2. The third-order valence-electron chi connectivity index (χ3n) is 4.70. The highest BCUT2D eigenvalue weighted by Crippen LogP contribution is 2.38. The van der Waals surface area contributed by atoms with Crippen molar-refractivity contribution in [3.8, 4) is 0 Å². The minimum Gasteiger partial charge on any atom is -0.383 e. The van der Waals surface area contributed by atoms with Crippen molar-refractivity contribution in [2.75, 3.05) is 18.8 Å². The molecule has 1 aliphatic heterocycles. The number of sulfonamides is 1. The topological polar surface area (TPSA) is 118 Å². The molecule has 2 aromatic rings. The maximum atomic E-state index is 13.0. The van der Waals surface area contributed by atoms with Crippen LogP contribution in [0.4, 0.5) is 5.82 Å². The van der Waals surface area contributed by atoms with Gasteiger partial charge in [-0.15, -0.1) is 0 Å². The van der Waals surface area contributed by atoms with Crippen molar-refractivity contribution in [2.45, 2.75) is 42.4 Å². The maximum absolute atomic E-state index is 13.0. The number of nitrogen functional groups attached to an aromatic ring is 1. The van der Waals surface area contributed by atoms with Crippen LogP contribution in [-0.4, -0.2) is 46.0 Å². The van der Waals surface area contributed by atoms with Crippen LogP contribution in [0.25, 0.3) is 0 Å². The molecule has 4 rings (SSSR count). The molecule has 1 aliphatic carbocycles. The highest BCUT2D eigenvalue weighted by atomic mass is 35.5. The van der Waals surface area contributed by atoms with Gasteiger partial charge in [-0.05, 0) is 31.7 Å². The zero-order chi connectivity index (χ0) is 17.6. The smallest absolute Gasteiger partial charge is 0.246 e. The molecule has 10 heteroatoms. The number of aromatic amines is 1. The lowest BCUT2D eigenvalue weighted by Crippen LogP contribution is -2.39. The third kappa shape index (κ3) is 3.23. The van der Waals surface area contributed by atoms with Crippen LogP contribution in [0.15, 0.2) is 17.2 Å². The Bertz CT molecular complexity index is 895. The number of rotatable bonds is 4. The fourth-order valence-corrected chi connectivity index (χ4v) is 5.00. The van der Waals surface area contributed by atoms with E-state index in [1.807, 2.05) is 0 Å². The van der Waals surface area contributed by atoms with Gasteiger partial charge < -0.3 is 5.73 Å². The number of hydrogen-bond acceptors (Lipinski definition) is 6. The molecule has 1 saturated carbocycles. The van der Waals surface area contributed by atoms with Crippen molar-refractivity contribution in [1.29, 1.82) is 0 Å². The zero-order valence-corrected chi connectivity index (χ0v) is 15.1. The lowest BCUT2D eigenvalue weighted by molar-refractivity contribution is 0.309. The van der Waals surface area contributed by atoms with Crippen LogP contribution in [0.1, 0.15) is 49.2 Å². The molecule has 2 aromatic heterocycles. The highest BCUT2D eigenvalue weighted by molar-refractivity contribution is 7.89. The molecule has 3 heterocycles. The number of nitrogens with one attached hydrogen (secondary N) is 1. The number of nitrogens with zero attached hydrogens (tertiary/aromatic N) is 4. The quantitative estimate of drug-likeness (QED) is 0.833. The Balaban J connectivity index is 1.58. The van der Waals surface area contributed by atoms with Gasteiger partial charge in [-0.25, -0.2) is 18.4 Å². The second kappa shape index (κ2) is 6.22. The van der Waals surface area contributed by atoms with Gasteiger partial charge in [0.05, 0.1) is 5.02 Å². The molecule has 0 radical (unpaired) electrons. The lowest BCUT2D eigenvalue weighted by atomic mass is 9.99. The monoisotopic (exact) mass is 382 g/mol. The SMILES string of the molecule is Nc1ncc(Cl)cc1S(=O)(=O)N1CCC[C@H](c2n[nH]c(C3CC3)n2)C1. The first-order valence-corrected chi connectivity index (χ1v) is 10.1. The summed E-state index contributed by atoms with van der Waals surface area (Å²) >= 11 is 5.90. The molecule has 8 nitrogen and oxygen atoms in total. The number of piperidine rings is 1. The lowest BCUT2D eigenvalue weighted by Gasteiger charge is -2.30. The fourth-order valence-electron chi connectivity index (χ4n) is 3.16. The number of aromatic nitrogens is 4. The normalized spacial score (nSPS) is 22.2. The van der Waals surface area contributed by atoms with E-state index < -0.39 is 10.0 Å². The van der Waals surface area contributed by atoms with E-state index in [1.165, 1.54) is 16.6 Å². The van der Waals surface area contributed by atoms with Gasteiger partial charge in [-0.1, -0.05) is 11.6 Å². The molecular formula is C15H19ClN6O2S. The molecule has 25 heavy (non-hydrogen) atoms. The summed E-state index contributed by atoms with van der Waals surface area (Å²) in [5.41, 5.74) is 5.77. The molecule has 134 valence electrons. The summed E-state index contributed by atoms with van der Waals surface area (Å²) in [6.45, 7) is 0.765. The number of H-pyrrole nitrogens is 1. The maximum Gasteiger partial charge on any atom is 0.246 e. The summed E-state index contributed by atoms with van der Waals surface area (Å²) in [5.74, 6) is 2.03. The Morgan fingerprint density at radius 3 is 2.84 bits per heavy atom. The standard InChI is InChI=1S/C15H19ClN6O2S/c16-11-6-12(13(17)18-7-11)25(23,24)22-5-1-2-10(8-22)15-19-14(20-21-15)9-3-4-9/h6-7,9-10H,1-5,8H2,(H2,17,18)(H,19,20,21)/t10-/m0/s1. The van der Waals surface area contributed by atoms with E-state index in [-0.39, 0.29) is 21.7 Å². The first-order chi connectivity index (χ1) is 11.9. The van der Waals surface area contributed by atoms with Crippen molar-refractivity contribution >= 4 is 27.4 Å². The summed E-state index contributed by atoms with van der Waals surface area (Å²) in [7, 11) is -3.76. The van der Waals surface area contributed by atoms with E-state index in [2.05, 4.69) is 20.2 Å². The van der Waals surface area contributed by atoms with Gasteiger partial charge in [0.2, 0.25) is 10.0 Å². The van der Waals surface area contributed by atoms with E-state index in [9.17, 15) is 8.42 Å². The molecule has 1 saturated heterocycles. The summed E-state index contributed by atoms with van der Waals surface area (Å²) in [4.78, 5) is 8.38. The van der Waals surface area contributed by atoms with Crippen molar-refractivity contribution in [3.05, 3.63) is 28.9 Å². The number of anilines is 1. The summed E-state index contributed by atoms with van der Waals surface area (Å²) in [6.07, 6.45) is 5.21. The molecule has 3 N–H and O–H groups in total. The molecular weight excluding hydrogens is 364 g/mol. The number of nitrogens with two attached hydrogens (primary N) is 1. The molecule has 2 fully saturated rings. The van der Waals surface area contributed by atoms with Crippen molar-refractivity contribution < 1.29 is 8.42 Å². The summed E-state index contributed by atoms with van der Waals surface area (Å²) in [6, 6.07) is 1.35. The molecule has 0 bridgehead atoms. The highest BCUT2D eigenvalue weighted by Gasteiger charge is 2.35. The van der Waals surface area contributed by atoms with Crippen LogP contribution >= 0.6 is 11.6 Å². The fraction of sp³-hybridized carbons (Fsp3) is 0.533. The summed E-state index contributed by atoms with van der Waals surface area (Å²) < 4.78 is 27.3. The predicted molar refractivity (Wildman–Crippen MR) is 92.8 cm³/mol. The van der Waals surface area contributed by atoms with Gasteiger partial charge in [0, 0.05) is 31.1 Å². The Kier molecular flexibility index (Phi) is 4.17. The van der Waals surface area contributed by atoms with Crippen LogP contribution in [0.5, 0.6) is 0 Å². The van der Waals surface area contributed by atoms with E-state index in [4.69, 9.17) is 17.3 Å². The third-order valence-corrected chi connectivity index (χ3v) is 6.80. The minimum absolute atomic E-state index is 0.0272. The molecule has 2 aliphatic rings. The van der Waals surface area contributed by atoms with Crippen LogP contribution < -0.4 is 5.73 Å². The Labute approximate surface area is 150 Å². The van der Waals surface area contributed by atoms with Gasteiger partial charge in [-0.2, -0.15) is 9.40 Å². The second-order valence-corrected chi connectivity index (χ2v) is 8.94. The van der Waals surface area contributed by atoms with Gasteiger partial charge >= 0.3 is 0 Å². The average molecular weight is 383 g/mol. The Morgan fingerprint density at radius 1 is 1.28 bits per heavy atom. The van der Waals surface area contributed by atoms with E-state index in [0.717, 1.165) is 31.5 Å². The molecule has 0 aromatic carbocycles. The second-order valence-electron chi connectivity index (χ2n) is 6.59. The number of halogens is 1. The average Bonchev–Trinajstić information content (AvgIpc) is 3.34. The Hall–Kier alpha value is -1.71. The van der Waals surface area contributed by atoms with Gasteiger partial charge in [0.25, 0.3) is 0 Å². The molecule has 0 spiro atoms. The summed E-state index contributed by atoms with van der Waals surface area (Å²) in [5, 5.41) is 7.54. The van der Waals surface area contributed by atoms with E-state index in [1.54, 1.807) is 0 Å². The van der Waals surface area contributed by atoms with Crippen molar-refractivity contribution in [1.82, 2.24) is 24.5 Å². The van der Waals surface area contributed by atoms with Gasteiger partial charge in [0.1, 0.15) is 16.5 Å². The van der Waals surface area contributed by atoms with Gasteiger partial charge in [0.15, 0.2) is 5.82 Å². The van der Waals surface area contributed by atoms with Gasteiger partial charge in [-0.3, -0.25) is 5.10 Å². The van der Waals surface area contributed by atoms with Crippen LogP contribution in [-0.2, 0) is 10.0 Å². The van der Waals surface area contributed by atoms with E-state index in [0.29, 0.717) is 24.8 Å². The predicted octanol–water partition coefficient (Wildman–Crippen LogP) is 1.88. The van der Waals surface area contributed by atoms with Crippen molar-refractivity contribution in [2.24, 2.45) is 0 Å². The molecule has 0 amide bonds. The molecule has 1 atom stereocenters. The molecule has 0 unspecified atom stereocenters. The first kappa shape index (κ1) is 16.7. The largest absolute Gasteiger partial charge is 0.383 e. The van der Waals surface area contributed by atoms with Crippen molar-refractivity contribution in [3.63, 3.8) is 0 Å². The number of pyridine rings is 1. The van der Waals surface area contributed by atoms with Crippen LogP contribution in [0, 0.1) is 0 Å². The zero-order valence-electron chi connectivity index (χ0n) is 13.5. The first-order valence-electron chi connectivity index (χ1n) is 8.28. The minimum atomic E-state index is -3.76.